The highest BCUT2D eigenvalue weighted by atomic mass is 32.2. The molecule has 4 rings (SSSR count). The molecule has 0 radical (unpaired) electrons. The lowest BCUT2D eigenvalue weighted by atomic mass is 9.98. The zero-order valence-corrected chi connectivity index (χ0v) is 19.6. The Morgan fingerprint density at radius 3 is 1.75 bits per heavy atom. The second kappa shape index (κ2) is 9.34. The van der Waals surface area contributed by atoms with Gasteiger partial charge in [-0.2, -0.15) is 16.8 Å². The molecule has 2 heterocycles. The maximum Gasteiger partial charge on any atom is 0.295 e. The van der Waals surface area contributed by atoms with Crippen molar-refractivity contribution in [3.63, 3.8) is 0 Å². The molecule has 0 amide bonds. The number of rotatable bonds is 6. The number of nitrogens with zero attached hydrogens (tertiary/aromatic N) is 6. The van der Waals surface area contributed by atoms with Crippen molar-refractivity contribution in [3.05, 3.63) is 72.8 Å². The summed E-state index contributed by atoms with van der Waals surface area (Å²) in [7, 11) is -9.76. The van der Waals surface area contributed by atoms with Crippen molar-refractivity contribution in [2.24, 2.45) is 11.5 Å². The first-order valence-corrected chi connectivity index (χ1v) is 12.6. The van der Waals surface area contributed by atoms with Crippen LogP contribution >= 0.6 is 0 Å². The van der Waals surface area contributed by atoms with E-state index in [2.05, 4.69) is 29.9 Å². The molecule has 0 atom stereocenters. The summed E-state index contributed by atoms with van der Waals surface area (Å²) in [4.78, 5) is 22.2. The van der Waals surface area contributed by atoms with Gasteiger partial charge in [0.05, 0.1) is 17.0 Å². The zero-order valence-electron chi connectivity index (χ0n) is 18.0. The Morgan fingerprint density at radius 1 is 0.667 bits per heavy atom. The van der Waals surface area contributed by atoms with Gasteiger partial charge in [0, 0.05) is 16.7 Å². The number of hydrogen-bond acceptors (Lipinski definition) is 12. The van der Waals surface area contributed by atoms with Gasteiger partial charge in [0.2, 0.25) is 0 Å². The summed E-state index contributed by atoms with van der Waals surface area (Å²) >= 11 is 0. The molecule has 2 aromatic carbocycles. The summed E-state index contributed by atoms with van der Waals surface area (Å²) in [5.74, 6) is -0.135. The van der Waals surface area contributed by atoms with E-state index in [1.807, 2.05) is 0 Å². The standard InChI is InChI=1S/C20H16N8O6S2/c21-16(11-3-1-2-4-14(11)35(29,30)31)17(22)13-6-5-12(19-25-7-23-8-26-19)15(18(13)36(32,33)34)20-27-9-24-10-28-20/h1-10H,21-22H2,(H,29,30,31)(H,32,33,34). The van der Waals surface area contributed by atoms with Gasteiger partial charge in [0.25, 0.3) is 20.2 Å². The molecule has 0 bridgehead atoms. The molecule has 0 aliphatic heterocycles. The topological polar surface area (TPSA) is 238 Å². The van der Waals surface area contributed by atoms with Crippen molar-refractivity contribution in [2.45, 2.75) is 9.79 Å². The van der Waals surface area contributed by atoms with E-state index in [1.165, 1.54) is 43.0 Å². The minimum atomic E-state index is -5.05. The quantitative estimate of drug-likeness (QED) is 0.198. The third-order valence-corrected chi connectivity index (χ3v) is 6.75. The molecule has 0 aliphatic rings. The van der Waals surface area contributed by atoms with Gasteiger partial charge in [-0.05, 0) is 12.1 Å². The van der Waals surface area contributed by atoms with Crippen LogP contribution in [0.25, 0.3) is 34.2 Å². The van der Waals surface area contributed by atoms with Gasteiger partial charge >= 0.3 is 0 Å². The van der Waals surface area contributed by atoms with Crippen LogP contribution in [0.15, 0.2) is 71.5 Å². The predicted octanol–water partition coefficient (Wildman–Crippen LogP) is 0.627. The highest BCUT2D eigenvalue weighted by Gasteiger charge is 2.30. The second-order valence-electron chi connectivity index (χ2n) is 7.06. The second-order valence-corrected chi connectivity index (χ2v) is 9.81. The van der Waals surface area contributed by atoms with Crippen LogP contribution in [-0.4, -0.2) is 55.8 Å². The van der Waals surface area contributed by atoms with E-state index in [0.717, 1.165) is 18.7 Å². The Kier molecular flexibility index (Phi) is 6.42. The molecule has 0 aliphatic carbocycles. The molecule has 0 fully saturated rings. The first kappa shape index (κ1) is 24.7. The van der Waals surface area contributed by atoms with Crippen LogP contribution in [0.5, 0.6) is 0 Å². The highest BCUT2D eigenvalue weighted by Crippen LogP contribution is 2.38. The summed E-state index contributed by atoms with van der Waals surface area (Å²) < 4.78 is 68.9. The van der Waals surface area contributed by atoms with E-state index < -0.39 is 35.7 Å². The molecule has 0 spiro atoms. The average Bonchev–Trinajstić information content (AvgIpc) is 2.87. The van der Waals surface area contributed by atoms with Crippen LogP contribution < -0.4 is 11.5 Å². The lowest BCUT2D eigenvalue weighted by molar-refractivity contribution is 0.480. The van der Waals surface area contributed by atoms with Gasteiger partial charge in [0.1, 0.15) is 35.1 Å². The summed E-state index contributed by atoms with van der Waals surface area (Å²) in [6, 6.07) is 7.77. The van der Waals surface area contributed by atoms with E-state index in [0.29, 0.717) is 0 Å². The fraction of sp³-hybridized carbons (Fsp3) is 0. The Morgan fingerprint density at radius 2 is 1.19 bits per heavy atom. The summed E-state index contributed by atoms with van der Waals surface area (Å²) in [5, 5.41) is 0. The first-order valence-electron chi connectivity index (χ1n) is 9.72. The Bertz CT molecular complexity index is 1700. The van der Waals surface area contributed by atoms with Crippen molar-refractivity contribution in [1.82, 2.24) is 29.9 Å². The molecule has 184 valence electrons. The molecule has 16 heteroatoms. The van der Waals surface area contributed by atoms with Crippen LogP contribution in [0.3, 0.4) is 0 Å². The van der Waals surface area contributed by atoms with Crippen molar-refractivity contribution >= 4 is 31.6 Å². The monoisotopic (exact) mass is 528 g/mol. The van der Waals surface area contributed by atoms with E-state index in [9.17, 15) is 25.9 Å². The van der Waals surface area contributed by atoms with Gasteiger partial charge in [-0.15, -0.1) is 0 Å². The molecule has 0 saturated carbocycles. The summed E-state index contributed by atoms with van der Waals surface area (Å²) in [5.41, 5.74) is 11.0. The van der Waals surface area contributed by atoms with E-state index in [4.69, 9.17) is 11.5 Å². The predicted molar refractivity (Wildman–Crippen MR) is 125 cm³/mol. The van der Waals surface area contributed by atoms with Gasteiger partial charge in [0.15, 0.2) is 11.6 Å². The largest absolute Gasteiger partial charge is 0.397 e. The van der Waals surface area contributed by atoms with E-state index in [1.54, 1.807) is 0 Å². The fourth-order valence-corrected chi connectivity index (χ4v) is 5.04. The number of aromatic nitrogens is 6. The molecule has 4 aromatic rings. The van der Waals surface area contributed by atoms with Gasteiger partial charge in [-0.3, -0.25) is 9.11 Å². The fourth-order valence-electron chi connectivity index (χ4n) is 3.42. The maximum absolute atomic E-state index is 12.7. The third-order valence-electron chi connectivity index (χ3n) is 4.90. The summed E-state index contributed by atoms with van der Waals surface area (Å²) in [6.07, 6.45) is 4.57. The lowest BCUT2D eigenvalue weighted by Gasteiger charge is -2.17. The molecule has 2 aromatic heterocycles. The van der Waals surface area contributed by atoms with Gasteiger partial charge in [-0.1, -0.05) is 24.3 Å². The van der Waals surface area contributed by atoms with Crippen molar-refractivity contribution in [3.8, 4) is 22.8 Å². The summed E-state index contributed by atoms with van der Waals surface area (Å²) in [6.45, 7) is 0. The van der Waals surface area contributed by atoms with Gasteiger partial charge in [-0.25, -0.2) is 29.9 Å². The van der Waals surface area contributed by atoms with Crippen LogP contribution in [0.1, 0.15) is 11.1 Å². The minimum absolute atomic E-state index is 0.0316. The van der Waals surface area contributed by atoms with Crippen molar-refractivity contribution < 1.29 is 25.9 Å². The van der Waals surface area contributed by atoms with Crippen molar-refractivity contribution in [1.29, 1.82) is 0 Å². The minimum Gasteiger partial charge on any atom is -0.397 e. The lowest BCUT2D eigenvalue weighted by Crippen LogP contribution is -2.15. The van der Waals surface area contributed by atoms with Crippen LogP contribution in [0.2, 0.25) is 0 Å². The molecular weight excluding hydrogens is 512 g/mol. The first-order chi connectivity index (χ1) is 17.0. The normalized spacial score (nSPS) is 12.7. The van der Waals surface area contributed by atoms with E-state index >= 15 is 0 Å². The van der Waals surface area contributed by atoms with Crippen LogP contribution in [-0.2, 0) is 20.2 Å². The molecular formula is C20H16N8O6S2. The number of hydrogen-bond donors (Lipinski definition) is 4. The van der Waals surface area contributed by atoms with Gasteiger partial charge < -0.3 is 11.5 Å². The number of nitrogens with two attached hydrogens (primary N) is 2. The Hall–Kier alpha value is -4.38. The highest BCUT2D eigenvalue weighted by molar-refractivity contribution is 7.86. The maximum atomic E-state index is 12.7. The van der Waals surface area contributed by atoms with E-state index in [-0.39, 0.29) is 39.6 Å². The Balaban J connectivity index is 2.12. The molecule has 0 saturated heterocycles. The average molecular weight is 529 g/mol. The SMILES string of the molecule is NC(=C(N)c1ccc(-c2ncncn2)c(-c2ncncn2)c1S(=O)(=O)O)c1ccccc1S(=O)(=O)O. The van der Waals surface area contributed by atoms with Crippen LogP contribution in [0, 0.1) is 0 Å². The molecule has 6 N–H and O–H groups in total. The zero-order chi connectivity index (χ0) is 26.1. The third kappa shape index (κ3) is 4.73. The molecule has 0 unspecified atom stereocenters. The Labute approximate surface area is 204 Å². The van der Waals surface area contributed by atoms with Crippen molar-refractivity contribution in [2.75, 3.05) is 0 Å². The molecule has 14 nitrogen and oxygen atoms in total. The molecule has 36 heavy (non-hydrogen) atoms. The smallest absolute Gasteiger partial charge is 0.295 e. The van der Waals surface area contributed by atoms with Crippen LogP contribution in [0.4, 0.5) is 0 Å². The number of benzene rings is 2.